The SMILES string of the molecule is COc1ccc2c(c1)N(C)C(CC(=O)O)CC2. The van der Waals surface area contributed by atoms with Crippen molar-refractivity contribution < 1.29 is 14.6 Å². The summed E-state index contributed by atoms with van der Waals surface area (Å²) >= 11 is 0. The molecule has 1 atom stereocenters. The minimum Gasteiger partial charge on any atom is -0.497 e. The zero-order valence-corrected chi connectivity index (χ0v) is 10.1. The summed E-state index contributed by atoms with van der Waals surface area (Å²) < 4.78 is 5.20. The fourth-order valence-corrected chi connectivity index (χ4v) is 2.36. The van der Waals surface area contributed by atoms with Crippen LogP contribution in [0, 0.1) is 0 Å². The first-order valence-corrected chi connectivity index (χ1v) is 5.73. The maximum Gasteiger partial charge on any atom is 0.305 e. The number of fused-ring (bicyclic) bond motifs is 1. The Morgan fingerprint density at radius 1 is 1.59 bits per heavy atom. The van der Waals surface area contributed by atoms with E-state index in [4.69, 9.17) is 9.84 Å². The van der Waals surface area contributed by atoms with Crippen LogP contribution in [-0.2, 0) is 11.2 Å². The molecule has 0 fully saturated rings. The van der Waals surface area contributed by atoms with E-state index in [-0.39, 0.29) is 12.5 Å². The van der Waals surface area contributed by atoms with E-state index >= 15 is 0 Å². The number of ether oxygens (including phenoxy) is 1. The lowest BCUT2D eigenvalue weighted by atomic mass is 9.94. The predicted octanol–water partition coefficient (Wildman–Crippen LogP) is 1.92. The van der Waals surface area contributed by atoms with Gasteiger partial charge in [-0.2, -0.15) is 0 Å². The first-order valence-electron chi connectivity index (χ1n) is 5.73. The third kappa shape index (κ3) is 2.35. The molecule has 0 radical (unpaired) electrons. The zero-order chi connectivity index (χ0) is 12.4. The van der Waals surface area contributed by atoms with Crippen LogP contribution in [0.1, 0.15) is 18.4 Å². The largest absolute Gasteiger partial charge is 0.497 e. The normalized spacial score (nSPS) is 18.7. The molecule has 1 N–H and O–H groups in total. The number of methoxy groups -OCH3 is 1. The quantitative estimate of drug-likeness (QED) is 0.869. The summed E-state index contributed by atoms with van der Waals surface area (Å²) in [6, 6.07) is 6.06. The topological polar surface area (TPSA) is 49.8 Å². The van der Waals surface area contributed by atoms with Gasteiger partial charge in [0.05, 0.1) is 13.5 Å². The number of rotatable bonds is 3. The van der Waals surface area contributed by atoms with Crippen molar-refractivity contribution >= 4 is 11.7 Å². The highest BCUT2D eigenvalue weighted by molar-refractivity contribution is 5.69. The molecule has 0 amide bonds. The summed E-state index contributed by atoms with van der Waals surface area (Å²) in [5.74, 6) is 0.0692. The second-order valence-corrected chi connectivity index (χ2v) is 4.40. The van der Waals surface area contributed by atoms with Crippen molar-refractivity contribution in [3.05, 3.63) is 23.8 Å². The third-order valence-electron chi connectivity index (χ3n) is 3.38. The molecular formula is C13H17NO3. The molecule has 0 aliphatic carbocycles. The molecule has 1 aliphatic heterocycles. The standard InChI is InChI=1S/C13H17NO3/c1-14-10(7-13(15)16)5-3-9-4-6-11(17-2)8-12(9)14/h4,6,8,10H,3,5,7H2,1-2H3,(H,15,16). The highest BCUT2D eigenvalue weighted by Crippen LogP contribution is 2.33. The molecule has 92 valence electrons. The van der Waals surface area contributed by atoms with Crippen LogP contribution in [0.15, 0.2) is 18.2 Å². The molecule has 17 heavy (non-hydrogen) atoms. The summed E-state index contributed by atoms with van der Waals surface area (Å²) in [7, 11) is 3.59. The lowest BCUT2D eigenvalue weighted by Crippen LogP contribution is -2.37. The van der Waals surface area contributed by atoms with E-state index in [1.54, 1.807) is 7.11 Å². The monoisotopic (exact) mass is 235 g/mol. The molecule has 0 saturated heterocycles. The van der Waals surface area contributed by atoms with Gasteiger partial charge in [0, 0.05) is 24.8 Å². The lowest BCUT2D eigenvalue weighted by Gasteiger charge is -2.35. The number of carboxylic acids is 1. The number of hydrogen-bond donors (Lipinski definition) is 1. The van der Waals surface area contributed by atoms with Gasteiger partial charge in [0.25, 0.3) is 0 Å². The molecule has 1 unspecified atom stereocenters. The van der Waals surface area contributed by atoms with Crippen LogP contribution >= 0.6 is 0 Å². The number of benzene rings is 1. The minimum atomic E-state index is -0.742. The number of carbonyl (C=O) groups is 1. The van der Waals surface area contributed by atoms with E-state index in [0.717, 1.165) is 24.3 Å². The summed E-state index contributed by atoms with van der Waals surface area (Å²) in [5.41, 5.74) is 2.34. The number of carboxylic acid groups (broad SMARTS) is 1. The average Bonchev–Trinajstić information content (AvgIpc) is 2.32. The molecule has 1 aromatic rings. The Hall–Kier alpha value is -1.71. The fourth-order valence-electron chi connectivity index (χ4n) is 2.36. The molecule has 0 spiro atoms. The fraction of sp³-hybridized carbons (Fsp3) is 0.462. The Bertz CT molecular complexity index is 431. The van der Waals surface area contributed by atoms with Gasteiger partial charge < -0.3 is 14.7 Å². The Morgan fingerprint density at radius 3 is 3.00 bits per heavy atom. The van der Waals surface area contributed by atoms with E-state index in [1.807, 2.05) is 19.2 Å². The second kappa shape index (κ2) is 4.65. The number of hydrogen-bond acceptors (Lipinski definition) is 3. The maximum absolute atomic E-state index is 10.8. The Balaban J connectivity index is 2.26. The molecule has 2 rings (SSSR count). The second-order valence-electron chi connectivity index (χ2n) is 4.40. The first-order chi connectivity index (χ1) is 8.11. The van der Waals surface area contributed by atoms with E-state index < -0.39 is 5.97 Å². The number of anilines is 1. The molecule has 1 heterocycles. The number of aryl methyl sites for hydroxylation is 1. The van der Waals surface area contributed by atoms with Gasteiger partial charge in [-0.1, -0.05) is 6.07 Å². The van der Waals surface area contributed by atoms with Gasteiger partial charge in [-0.3, -0.25) is 4.79 Å². The molecular weight excluding hydrogens is 218 g/mol. The molecule has 1 aromatic carbocycles. The van der Waals surface area contributed by atoms with E-state index in [9.17, 15) is 4.79 Å². The van der Waals surface area contributed by atoms with Crippen LogP contribution in [0.4, 0.5) is 5.69 Å². The van der Waals surface area contributed by atoms with Crippen LogP contribution in [0.25, 0.3) is 0 Å². The highest BCUT2D eigenvalue weighted by atomic mass is 16.5. The van der Waals surface area contributed by atoms with E-state index in [1.165, 1.54) is 5.56 Å². The van der Waals surface area contributed by atoms with Crippen molar-refractivity contribution in [1.29, 1.82) is 0 Å². The maximum atomic E-state index is 10.8. The van der Waals surface area contributed by atoms with Crippen LogP contribution in [0.3, 0.4) is 0 Å². The molecule has 4 nitrogen and oxygen atoms in total. The van der Waals surface area contributed by atoms with Gasteiger partial charge in [-0.05, 0) is 24.5 Å². The summed E-state index contributed by atoms with van der Waals surface area (Å²) in [6.07, 6.45) is 2.01. The molecule has 4 heteroatoms. The van der Waals surface area contributed by atoms with Crippen molar-refractivity contribution in [3.8, 4) is 5.75 Å². The summed E-state index contributed by atoms with van der Waals surface area (Å²) in [6.45, 7) is 0. The van der Waals surface area contributed by atoms with Crippen molar-refractivity contribution in [3.63, 3.8) is 0 Å². The predicted molar refractivity (Wildman–Crippen MR) is 65.8 cm³/mol. The van der Waals surface area contributed by atoms with Gasteiger partial charge >= 0.3 is 5.97 Å². The van der Waals surface area contributed by atoms with E-state index in [2.05, 4.69) is 11.0 Å². The lowest BCUT2D eigenvalue weighted by molar-refractivity contribution is -0.137. The van der Waals surface area contributed by atoms with Gasteiger partial charge in [-0.15, -0.1) is 0 Å². The number of nitrogens with zero attached hydrogens (tertiary/aromatic N) is 1. The van der Waals surface area contributed by atoms with Crippen molar-refractivity contribution in [2.24, 2.45) is 0 Å². The smallest absolute Gasteiger partial charge is 0.305 e. The zero-order valence-electron chi connectivity index (χ0n) is 10.1. The van der Waals surface area contributed by atoms with Crippen molar-refractivity contribution in [2.45, 2.75) is 25.3 Å². The minimum absolute atomic E-state index is 0.0760. The van der Waals surface area contributed by atoms with Crippen LogP contribution in [0.5, 0.6) is 5.75 Å². The Morgan fingerprint density at radius 2 is 2.35 bits per heavy atom. The van der Waals surface area contributed by atoms with Gasteiger partial charge in [0.2, 0.25) is 0 Å². The van der Waals surface area contributed by atoms with Gasteiger partial charge in [0.15, 0.2) is 0 Å². The van der Waals surface area contributed by atoms with Crippen LogP contribution in [-0.4, -0.2) is 31.3 Å². The van der Waals surface area contributed by atoms with E-state index in [0.29, 0.717) is 0 Å². The van der Waals surface area contributed by atoms with Crippen molar-refractivity contribution in [1.82, 2.24) is 0 Å². The number of aliphatic carboxylic acids is 1. The average molecular weight is 235 g/mol. The Kier molecular flexibility index (Phi) is 3.22. The van der Waals surface area contributed by atoms with Crippen LogP contribution < -0.4 is 9.64 Å². The summed E-state index contributed by atoms with van der Waals surface area (Å²) in [5, 5.41) is 8.88. The molecule has 0 saturated carbocycles. The molecule has 0 aromatic heterocycles. The van der Waals surface area contributed by atoms with Crippen LogP contribution in [0.2, 0.25) is 0 Å². The highest BCUT2D eigenvalue weighted by Gasteiger charge is 2.25. The van der Waals surface area contributed by atoms with Gasteiger partial charge in [0.1, 0.15) is 5.75 Å². The summed E-state index contributed by atoms with van der Waals surface area (Å²) in [4.78, 5) is 12.8. The Labute approximate surface area is 101 Å². The third-order valence-corrected chi connectivity index (χ3v) is 3.38. The molecule has 1 aliphatic rings. The molecule has 0 bridgehead atoms. The first kappa shape index (κ1) is 11.8. The van der Waals surface area contributed by atoms with Gasteiger partial charge in [-0.25, -0.2) is 0 Å². The van der Waals surface area contributed by atoms with Crippen molar-refractivity contribution in [2.75, 3.05) is 19.1 Å².